The van der Waals surface area contributed by atoms with E-state index in [9.17, 15) is 5.11 Å². The molecule has 10 aromatic rings. The molecule has 0 amide bonds. The summed E-state index contributed by atoms with van der Waals surface area (Å²) < 4.78 is 0. The van der Waals surface area contributed by atoms with Gasteiger partial charge in [-0.1, -0.05) is 97.0 Å². The highest BCUT2D eigenvalue weighted by atomic mass is 35.5. The average molecular weight is 1870 g/mol. The fraction of sp³-hybridized carbons (Fsp3) is 0.463. The number of aliphatic hydroxyl groups excluding tert-OH is 1. The number of rotatable bonds is 15. The molecular weight excluding hydrogens is 1750 g/mol. The lowest BCUT2D eigenvalue weighted by molar-refractivity contribution is 0.170. The van der Waals surface area contributed by atoms with Crippen molar-refractivity contribution in [2.24, 2.45) is 69.9 Å². The van der Waals surface area contributed by atoms with Crippen LogP contribution in [-0.2, 0) is 32.7 Å². The summed E-state index contributed by atoms with van der Waals surface area (Å²) in [4.78, 5) is 98.9. The average Bonchev–Trinajstić information content (AvgIpc) is 1.67. The van der Waals surface area contributed by atoms with Crippen molar-refractivity contribution < 1.29 is 5.11 Å². The number of aliphatic imine (C=N–C) groups is 5. The SMILES string of the molecule is CNc1nccc(C2=NCc3nc(N4CCC(C)(N)CC4)cnc32)c1Cl.Cc1cccc(C2=NCc3nc(N4CCC(C)(CN)CC4)cnc32)c1Cl.Cc1nccc(C2=NCc3nc(N4CCC(C)(C(C)N)CC4)cnc32)c1Cl.Cc1nccc(C2=NCc3nc(N4CCC(C)(CN)CC4)cnc32)c1Cl.Cc1nccc(C2=NCc3nc(N4CCC(N)(CO)CC4)cnc32)c1Cl. The third kappa shape index (κ3) is 20.1. The first kappa shape index (κ1) is 93.8. The van der Waals surface area contributed by atoms with E-state index in [-0.39, 0.29) is 34.4 Å². The molecule has 131 heavy (non-hydrogen) atoms. The Hall–Kier alpha value is -10.4. The van der Waals surface area contributed by atoms with Crippen LogP contribution >= 0.6 is 58.0 Å². The van der Waals surface area contributed by atoms with Crippen LogP contribution in [0.5, 0.6) is 0 Å². The van der Waals surface area contributed by atoms with E-state index in [1.165, 1.54) is 0 Å². The molecule has 686 valence electrons. The van der Waals surface area contributed by atoms with Gasteiger partial charge in [-0.05, 0) is 165 Å². The van der Waals surface area contributed by atoms with Gasteiger partial charge in [-0.2, -0.15) is 0 Å². The van der Waals surface area contributed by atoms with Crippen LogP contribution in [-0.4, -0.2) is 213 Å². The summed E-state index contributed by atoms with van der Waals surface area (Å²) in [6.45, 7) is 31.9. The molecule has 20 rings (SSSR count). The quantitative estimate of drug-likeness (QED) is 0.0501. The van der Waals surface area contributed by atoms with Crippen molar-refractivity contribution in [1.82, 2.24) is 69.8 Å². The Morgan fingerprint density at radius 2 is 0.664 bits per heavy atom. The number of hydrogen-bond acceptors (Lipinski definition) is 31. The lowest BCUT2D eigenvalue weighted by atomic mass is 9.75. The second-order valence-corrected chi connectivity index (χ2v) is 38.9. The number of nitrogens with one attached hydrogen (secondary N) is 1. The van der Waals surface area contributed by atoms with E-state index < -0.39 is 5.54 Å². The predicted molar refractivity (Wildman–Crippen MR) is 524 cm³/mol. The Balaban J connectivity index is 0.000000120. The topological polar surface area (TPSA) is 421 Å². The van der Waals surface area contributed by atoms with Crippen molar-refractivity contribution >= 4 is 121 Å². The summed E-state index contributed by atoms with van der Waals surface area (Å²) in [5.74, 6) is 5.15. The highest BCUT2D eigenvalue weighted by Crippen LogP contribution is 2.41. The van der Waals surface area contributed by atoms with Gasteiger partial charge in [-0.3, -0.25) is 39.9 Å². The van der Waals surface area contributed by atoms with Gasteiger partial charge in [0.25, 0.3) is 0 Å². The zero-order valence-electron chi connectivity index (χ0n) is 76.1. The van der Waals surface area contributed by atoms with E-state index in [1.54, 1.807) is 38.0 Å². The molecule has 1 aromatic carbocycles. The van der Waals surface area contributed by atoms with E-state index in [2.05, 4.69) is 124 Å². The van der Waals surface area contributed by atoms with E-state index in [0.29, 0.717) is 58.6 Å². The van der Waals surface area contributed by atoms with Crippen LogP contribution in [0.1, 0.15) is 206 Å². The first-order valence-corrected chi connectivity index (χ1v) is 46.8. The second kappa shape index (κ2) is 39.4. The number of benzene rings is 1. The Labute approximate surface area is 790 Å². The van der Waals surface area contributed by atoms with Gasteiger partial charge in [0.05, 0.1) is 170 Å². The molecule has 10 aliphatic rings. The number of anilines is 6. The Bertz CT molecular complexity index is 5730. The molecule has 1 atom stereocenters. The van der Waals surface area contributed by atoms with Crippen molar-refractivity contribution in [3.05, 3.63) is 231 Å². The highest BCUT2D eigenvalue weighted by molar-refractivity contribution is 6.39. The fourth-order valence-corrected chi connectivity index (χ4v) is 18.8. The number of halogens is 5. The minimum Gasteiger partial charge on any atom is -0.394 e. The number of aryl methyl sites for hydroxylation is 4. The van der Waals surface area contributed by atoms with Crippen LogP contribution in [0.15, 0.2) is 123 Å². The van der Waals surface area contributed by atoms with Gasteiger partial charge in [0.15, 0.2) is 0 Å². The number of nitrogens with two attached hydrogens (primary N) is 5. The minimum absolute atomic E-state index is 0.0139. The molecule has 0 radical (unpaired) electrons. The summed E-state index contributed by atoms with van der Waals surface area (Å²) in [5.41, 5.74) is 50.8. The third-order valence-corrected chi connectivity index (χ3v) is 29.8. The van der Waals surface area contributed by atoms with E-state index in [4.69, 9.17) is 122 Å². The maximum atomic E-state index is 9.41. The third-order valence-electron chi connectivity index (χ3n) is 27.5. The molecule has 5 saturated heterocycles. The standard InChI is InChI=1S/C20H25ClN6.C20H24ClN5.C19H23ClN6.C18H22ClN7.C18H21ClN6O/c1-12-17(21)14(4-7-23-12)18-19-15(10-24-18)26-16(11-25-19)27-8-5-20(3,6-9-27)13(2)22;1-13-4-3-5-14(17(13)21)18-19-15(10-23-18)25-16(11-24-19)26-8-6-20(2,12-22)7-9-26;1-12-16(20)13(3-6-22-12)17-18-14(9-23-17)25-15(10-24-18)26-7-4-19(2,11-21)5-8-26;1-18(20)4-7-26(8-5-18)13-10-24-16-12(25-13)9-23-15(16)11-3-6-22-17(21-2)14(11)19;1-11-15(19)12(2-5-21-11)16-17-13(8-22-16)24-14(9-23-17)25-6-3-18(20,10-26)4-7-25/h4,7,11,13H,5-6,8-10,22H2,1-3H3;3-5,11H,6-10,12,22H2,1-2H3;3,6,10H,4-5,7-9,11,21H2,1-2H3;3,6,10H,4-5,7-9,20H2,1-2H3,(H,21,22);2,5,9,26H,3-4,6-8,10,20H2,1H3. The van der Waals surface area contributed by atoms with Crippen molar-refractivity contribution in [2.45, 2.75) is 176 Å². The first-order valence-electron chi connectivity index (χ1n) is 44.9. The molecule has 19 heterocycles. The van der Waals surface area contributed by atoms with Crippen molar-refractivity contribution in [2.75, 3.05) is 122 Å². The van der Waals surface area contributed by atoms with E-state index >= 15 is 0 Å². The zero-order valence-corrected chi connectivity index (χ0v) is 79.9. The Morgan fingerprint density at radius 3 is 0.962 bits per heavy atom. The molecule has 0 bridgehead atoms. The normalized spacial score (nSPS) is 18.8. The summed E-state index contributed by atoms with van der Waals surface area (Å²) in [7, 11) is 1.79. The maximum absolute atomic E-state index is 9.41. The van der Waals surface area contributed by atoms with Gasteiger partial charge in [0.2, 0.25) is 0 Å². The smallest absolute Gasteiger partial charge is 0.147 e. The number of fused-ring (bicyclic) bond motifs is 5. The molecule has 0 spiro atoms. The van der Waals surface area contributed by atoms with Gasteiger partial charge in [-0.15, -0.1) is 0 Å². The summed E-state index contributed by atoms with van der Waals surface area (Å²) in [6, 6.07) is 13.7. The lowest BCUT2D eigenvalue weighted by Crippen LogP contribution is -2.53. The van der Waals surface area contributed by atoms with Crippen molar-refractivity contribution in [1.29, 1.82) is 0 Å². The molecule has 31 nitrogen and oxygen atoms in total. The monoisotopic (exact) mass is 1870 g/mol. The molecule has 10 aliphatic heterocycles. The van der Waals surface area contributed by atoms with Crippen LogP contribution in [0.25, 0.3) is 0 Å². The fourth-order valence-electron chi connectivity index (χ4n) is 17.7. The Kier molecular flexibility index (Phi) is 28.2. The largest absolute Gasteiger partial charge is 0.394 e. The van der Waals surface area contributed by atoms with Gasteiger partial charge in [-0.25, -0.2) is 54.8 Å². The van der Waals surface area contributed by atoms with Gasteiger partial charge in [0.1, 0.15) is 63.4 Å². The number of aromatic nitrogens is 14. The first-order chi connectivity index (χ1) is 62.9. The second-order valence-electron chi connectivity index (χ2n) is 37.0. The van der Waals surface area contributed by atoms with Crippen LogP contribution in [0, 0.1) is 43.9 Å². The molecule has 5 fully saturated rings. The van der Waals surface area contributed by atoms with E-state index in [0.717, 1.165) is 313 Å². The number of aliphatic hydroxyl groups is 1. The zero-order chi connectivity index (χ0) is 92.4. The van der Waals surface area contributed by atoms with E-state index in [1.807, 2.05) is 94.9 Å². The van der Waals surface area contributed by atoms with Crippen LogP contribution < -0.4 is 58.5 Å². The molecular formula is C95H115Cl5N30O. The lowest BCUT2D eigenvalue weighted by Gasteiger charge is -2.42. The molecule has 36 heteroatoms. The Morgan fingerprint density at radius 1 is 0.382 bits per heavy atom. The molecule has 0 saturated carbocycles. The summed E-state index contributed by atoms with van der Waals surface area (Å²) in [6.07, 6.45) is 26.0. The van der Waals surface area contributed by atoms with Gasteiger partial charge < -0.3 is 63.6 Å². The van der Waals surface area contributed by atoms with Gasteiger partial charge >= 0.3 is 0 Å². The number of piperidine rings is 5. The molecule has 9 aromatic heterocycles. The summed E-state index contributed by atoms with van der Waals surface area (Å²) >= 11 is 32.2. The summed E-state index contributed by atoms with van der Waals surface area (Å²) in [5, 5.41) is 15.5. The molecule has 1 unspecified atom stereocenters. The number of hydrogen-bond donors (Lipinski definition) is 7. The molecule has 12 N–H and O–H groups in total. The highest BCUT2D eigenvalue weighted by Gasteiger charge is 2.39. The van der Waals surface area contributed by atoms with Crippen LogP contribution in [0.2, 0.25) is 25.1 Å². The maximum Gasteiger partial charge on any atom is 0.147 e. The predicted octanol–water partition coefficient (Wildman–Crippen LogP) is 13.0. The minimum atomic E-state index is -0.479. The van der Waals surface area contributed by atoms with Crippen molar-refractivity contribution in [3.63, 3.8) is 0 Å². The molecule has 0 aliphatic carbocycles. The van der Waals surface area contributed by atoms with Gasteiger partial charge in [0, 0.05) is 142 Å². The number of nitrogens with zero attached hydrogens (tertiary/aromatic N) is 24. The van der Waals surface area contributed by atoms with Crippen molar-refractivity contribution in [3.8, 4) is 0 Å². The van der Waals surface area contributed by atoms with Crippen LogP contribution in [0.4, 0.5) is 34.9 Å². The van der Waals surface area contributed by atoms with Crippen LogP contribution in [0.3, 0.4) is 0 Å². The number of pyridine rings is 4.